The number of alkyl halides is 1. The molecule has 1 aromatic carbocycles. The minimum Gasteiger partial charge on any atom is -0.496 e. The van der Waals surface area contributed by atoms with E-state index >= 15 is 0 Å². The Morgan fingerprint density at radius 3 is 3.06 bits per heavy atom. The van der Waals surface area contributed by atoms with Crippen LogP contribution in [0.3, 0.4) is 0 Å². The minimum absolute atomic E-state index is 0.612. The Bertz CT molecular complexity index is 386. The van der Waals surface area contributed by atoms with Crippen LogP contribution in [0.5, 0.6) is 5.75 Å². The van der Waals surface area contributed by atoms with Crippen molar-refractivity contribution in [2.45, 2.75) is 24.2 Å². The molecule has 0 bridgehead atoms. The van der Waals surface area contributed by atoms with Gasteiger partial charge in [0.05, 0.1) is 7.11 Å². The molecule has 1 heterocycles. The Kier molecular flexibility index (Phi) is 4.71. The van der Waals surface area contributed by atoms with E-state index < -0.39 is 0 Å². The summed E-state index contributed by atoms with van der Waals surface area (Å²) in [5, 5.41) is 0.771. The number of halogens is 2. The topological polar surface area (TPSA) is 12.5 Å². The summed E-state index contributed by atoms with van der Waals surface area (Å²) >= 11 is 9.73. The summed E-state index contributed by atoms with van der Waals surface area (Å²) in [6.07, 6.45) is 2.52. The summed E-state index contributed by atoms with van der Waals surface area (Å²) in [6, 6.07) is 5.80. The highest BCUT2D eigenvalue weighted by molar-refractivity contribution is 9.09. The number of methoxy groups -OCH3 is 1. The summed E-state index contributed by atoms with van der Waals surface area (Å²) in [5.74, 6) is 0.922. The van der Waals surface area contributed by atoms with Crippen LogP contribution in [-0.4, -0.2) is 29.9 Å². The molecule has 0 radical (unpaired) electrons. The van der Waals surface area contributed by atoms with Crippen LogP contribution in [0.1, 0.15) is 18.4 Å². The van der Waals surface area contributed by atoms with Gasteiger partial charge < -0.3 is 4.74 Å². The Labute approximate surface area is 116 Å². The maximum atomic E-state index is 6.04. The largest absolute Gasteiger partial charge is 0.496 e. The van der Waals surface area contributed by atoms with Crippen molar-refractivity contribution in [2.75, 3.05) is 20.2 Å². The van der Waals surface area contributed by atoms with Gasteiger partial charge in [0.15, 0.2) is 0 Å². The van der Waals surface area contributed by atoms with Crippen LogP contribution in [0, 0.1) is 0 Å². The molecule has 1 aromatic rings. The van der Waals surface area contributed by atoms with Crippen LogP contribution < -0.4 is 4.74 Å². The molecule has 1 unspecified atom stereocenters. The Morgan fingerprint density at radius 1 is 1.53 bits per heavy atom. The maximum absolute atomic E-state index is 6.04. The zero-order chi connectivity index (χ0) is 12.3. The van der Waals surface area contributed by atoms with Crippen LogP contribution in [0.15, 0.2) is 18.2 Å². The molecular weight excluding hydrogens is 302 g/mol. The van der Waals surface area contributed by atoms with E-state index in [0.717, 1.165) is 30.4 Å². The molecule has 0 N–H and O–H groups in total. The quantitative estimate of drug-likeness (QED) is 0.788. The fraction of sp³-hybridized carbons (Fsp3) is 0.538. The van der Waals surface area contributed by atoms with Crippen molar-refractivity contribution < 1.29 is 4.74 Å². The molecule has 1 saturated heterocycles. The van der Waals surface area contributed by atoms with E-state index in [0.29, 0.717) is 4.83 Å². The van der Waals surface area contributed by atoms with Crippen LogP contribution >= 0.6 is 27.5 Å². The molecule has 17 heavy (non-hydrogen) atoms. The lowest BCUT2D eigenvalue weighted by molar-refractivity contribution is 0.225. The summed E-state index contributed by atoms with van der Waals surface area (Å²) in [5.41, 5.74) is 1.17. The van der Waals surface area contributed by atoms with Crippen molar-refractivity contribution in [1.82, 2.24) is 4.90 Å². The third-order valence-electron chi connectivity index (χ3n) is 3.08. The van der Waals surface area contributed by atoms with Crippen molar-refractivity contribution in [3.8, 4) is 5.75 Å². The molecule has 0 aromatic heterocycles. The first-order valence-electron chi connectivity index (χ1n) is 5.88. The van der Waals surface area contributed by atoms with E-state index in [-0.39, 0.29) is 0 Å². The summed E-state index contributed by atoms with van der Waals surface area (Å²) in [7, 11) is 1.70. The van der Waals surface area contributed by atoms with E-state index in [1.165, 1.54) is 18.4 Å². The molecule has 0 spiro atoms. The Hall–Kier alpha value is -0.250. The van der Waals surface area contributed by atoms with Gasteiger partial charge in [0, 0.05) is 28.5 Å². The van der Waals surface area contributed by atoms with Gasteiger partial charge in [0.2, 0.25) is 0 Å². The van der Waals surface area contributed by atoms with E-state index in [9.17, 15) is 0 Å². The minimum atomic E-state index is 0.612. The molecule has 1 aliphatic rings. The second-order valence-electron chi connectivity index (χ2n) is 4.43. The Balaban J connectivity index is 2.08. The van der Waals surface area contributed by atoms with Gasteiger partial charge in [-0.1, -0.05) is 27.5 Å². The fourth-order valence-corrected chi connectivity index (χ4v) is 3.18. The summed E-state index contributed by atoms with van der Waals surface area (Å²) < 4.78 is 5.37. The monoisotopic (exact) mass is 317 g/mol. The lowest BCUT2D eigenvalue weighted by Crippen LogP contribution is -2.35. The molecule has 0 amide bonds. The van der Waals surface area contributed by atoms with Crippen LogP contribution in [0.2, 0.25) is 5.02 Å². The molecule has 1 atom stereocenters. The molecule has 2 rings (SSSR count). The van der Waals surface area contributed by atoms with E-state index in [1.54, 1.807) is 7.11 Å². The average molecular weight is 319 g/mol. The van der Waals surface area contributed by atoms with Crippen LogP contribution in [0.25, 0.3) is 0 Å². The second-order valence-corrected chi connectivity index (χ2v) is 6.16. The van der Waals surface area contributed by atoms with Gasteiger partial charge in [-0.15, -0.1) is 0 Å². The van der Waals surface area contributed by atoms with Crippen molar-refractivity contribution in [1.29, 1.82) is 0 Å². The number of piperidine rings is 1. The highest BCUT2D eigenvalue weighted by Gasteiger charge is 2.18. The number of hydrogen-bond acceptors (Lipinski definition) is 2. The molecule has 1 aliphatic heterocycles. The number of hydrogen-bond donors (Lipinski definition) is 0. The average Bonchev–Trinajstić information content (AvgIpc) is 2.29. The third kappa shape index (κ3) is 3.60. The molecule has 0 aliphatic carbocycles. The number of benzene rings is 1. The highest BCUT2D eigenvalue weighted by atomic mass is 79.9. The van der Waals surface area contributed by atoms with Gasteiger partial charge in [-0.2, -0.15) is 0 Å². The van der Waals surface area contributed by atoms with Gasteiger partial charge in [-0.25, -0.2) is 0 Å². The second kappa shape index (κ2) is 6.07. The van der Waals surface area contributed by atoms with Gasteiger partial charge >= 0.3 is 0 Å². The lowest BCUT2D eigenvalue weighted by atomic mass is 10.1. The van der Waals surface area contributed by atoms with E-state index in [2.05, 4.69) is 20.8 Å². The van der Waals surface area contributed by atoms with Gasteiger partial charge in [0.25, 0.3) is 0 Å². The number of rotatable bonds is 3. The molecule has 2 nitrogen and oxygen atoms in total. The Morgan fingerprint density at radius 2 is 2.35 bits per heavy atom. The normalized spacial score (nSPS) is 21.5. The smallest absolute Gasteiger partial charge is 0.123 e. The van der Waals surface area contributed by atoms with Crippen molar-refractivity contribution >= 4 is 27.5 Å². The first-order chi connectivity index (χ1) is 8.19. The van der Waals surface area contributed by atoms with Crippen molar-refractivity contribution in [2.24, 2.45) is 0 Å². The first-order valence-corrected chi connectivity index (χ1v) is 7.17. The maximum Gasteiger partial charge on any atom is 0.123 e. The predicted molar refractivity (Wildman–Crippen MR) is 75.2 cm³/mol. The summed E-state index contributed by atoms with van der Waals surface area (Å²) in [6.45, 7) is 3.15. The molecule has 0 saturated carbocycles. The van der Waals surface area contributed by atoms with Crippen LogP contribution in [-0.2, 0) is 6.54 Å². The predicted octanol–water partition coefficient (Wildman–Crippen LogP) is 3.71. The molecule has 4 heteroatoms. The van der Waals surface area contributed by atoms with Crippen molar-refractivity contribution in [3.05, 3.63) is 28.8 Å². The number of nitrogens with zero attached hydrogens (tertiary/aromatic N) is 1. The molecular formula is C13H17BrClNO. The van der Waals surface area contributed by atoms with E-state index in [4.69, 9.17) is 16.3 Å². The standard InChI is InChI=1S/C13H17BrClNO/c1-17-13-5-4-12(15)7-10(13)8-16-6-2-3-11(14)9-16/h4-5,7,11H,2-3,6,8-9H2,1H3. The zero-order valence-corrected chi connectivity index (χ0v) is 12.3. The first kappa shape index (κ1) is 13.2. The zero-order valence-electron chi connectivity index (χ0n) is 9.96. The van der Waals surface area contributed by atoms with Gasteiger partial charge in [-0.05, 0) is 37.6 Å². The lowest BCUT2D eigenvalue weighted by Gasteiger charge is -2.30. The molecule has 1 fully saturated rings. The SMILES string of the molecule is COc1ccc(Cl)cc1CN1CCCC(Br)C1. The fourth-order valence-electron chi connectivity index (χ4n) is 2.25. The third-order valence-corrected chi connectivity index (χ3v) is 4.07. The number of likely N-dealkylation sites (tertiary alicyclic amines) is 1. The highest BCUT2D eigenvalue weighted by Crippen LogP contribution is 2.26. The van der Waals surface area contributed by atoms with Gasteiger partial charge in [-0.3, -0.25) is 4.90 Å². The summed E-state index contributed by atoms with van der Waals surface area (Å²) in [4.78, 5) is 3.05. The molecule has 94 valence electrons. The van der Waals surface area contributed by atoms with E-state index in [1.807, 2.05) is 18.2 Å². The van der Waals surface area contributed by atoms with Crippen molar-refractivity contribution in [3.63, 3.8) is 0 Å². The number of ether oxygens (including phenoxy) is 1. The van der Waals surface area contributed by atoms with Gasteiger partial charge in [0.1, 0.15) is 5.75 Å². The van der Waals surface area contributed by atoms with Crippen LogP contribution in [0.4, 0.5) is 0 Å².